The molecule has 0 unspecified atom stereocenters. The van der Waals surface area contributed by atoms with Crippen LogP contribution in [0.15, 0.2) is 88.8 Å². The highest BCUT2D eigenvalue weighted by Gasteiger charge is 2.08. The van der Waals surface area contributed by atoms with Crippen LogP contribution in [0.25, 0.3) is 10.8 Å². The first-order valence-corrected chi connectivity index (χ1v) is 11.2. The van der Waals surface area contributed by atoms with E-state index in [1.165, 1.54) is 34.2 Å². The molecule has 0 bridgehead atoms. The minimum Gasteiger partial charge on any atom is -0.355 e. The lowest BCUT2D eigenvalue weighted by atomic mass is 10.1. The van der Waals surface area contributed by atoms with Gasteiger partial charge >= 0.3 is 0 Å². The number of aromatic nitrogens is 2. The van der Waals surface area contributed by atoms with Gasteiger partial charge < -0.3 is 10.3 Å². The van der Waals surface area contributed by atoms with Crippen LogP contribution in [0.4, 0.5) is 0 Å². The van der Waals surface area contributed by atoms with Crippen LogP contribution in [0.2, 0.25) is 0 Å². The number of H-pyrrole nitrogens is 1. The first kappa shape index (κ1) is 20.9. The molecular weight excluding hydrogens is 406 g/mol. The number of carbonyl (C=O) groups is 1. The fraction of sp³-hybridized carbons (Fsp3) is 0.160. The molecule has 6 heteroatoms. The molecule has 5 nitrogen and oxygen atoms in total. The van der Waals surface area contributed by atoms with Crippen LogP contribution in [0, 0.1) is 0 Å². The Hall–Kier alpha value is -3.38. The maximum Gasteiger partial charge on any atom is 0.251 e. The van der Waals surface area contributed by atoms with Crippen molar-refractivity contribution in [2.75, 3.05) is 6.54 Å². The third-order valence-electron chi connectivity index (χ3n) is 4.88. The van der Waals surface area contributed by atoms with Gasteiger partial charge in [-0.05, 0) is 28.3 Å². The van der Waals surface area contributed by atoms with Crippen LogP contribution < -0.4 is 10.9 Å². The Morgan fingerprint density at radius 1 is 0.903 bits per heavy atom. The molecule has 0 atom stereocenters. The monoisotopic (exact) mass is 429 g/mol. The van der Waals surface area contributed by atoms with Gasteiger partial charge in [-0.3, -0.25) is 9.59 Å². The Labute approximate surface area is 184 Å². The van der Waals surface area contributed by atoms with Gasteiger partial charge in [-0.2, -0.15) is 0 Å². The second-order valence-electron chi connectivity index (χ2n) is 7.27. The van der Waals surface area contributed by atoms with Crippen molar-refractivity contribution in [1.82, 2.24) is 15.3 Å². The van der Waals surface area contributed by atoms with Crippen molar-refractivity contribution in [2.45, 2.75) is 23.8 Å². The SMILES string of the molecule is O=C(Cc1cc(=O)[nH]c(SCc2ccc3ccccc3c2)n1)NCCc1ccccc1. The third-order valence-corrected chi connectivity index (χ3v) is 5.83. The van der Waals surface area contributed by atoms with Gasteiger partial charge in [0.25, 0.3) is 5.56 Å². The normalized spacial score (nSPS) is 10.8. The minimum absolute atomic E-state index is 0.0856. The molecule has 156 valence electrons. The fourth-order valence-electron chi connectivity index (χ4n) is 3.34. The van der Waals surface area contributed by atoms with Gasteiger partial charge in [0.15, 0.2) is 5.16 Å². The number of aromatic amines is 1. The number of fused-ring (bicyclic) bond motifs is 1. The molecule has 0 radical (unpaired) electrons. The van der Waals surface area contributed by atoms with Crippen molar-refractivity contribution in [3.63, 3.8) is 0 Å². The largest absolute Gasteiger partial charge is 0.355 e. The van der Waals surface area contributed by atoms with Crippen molar-refractivity contribution in [3.05, 3.63) is 106 Å². The predicted molar refractivity (Wildman–Crippen MR) is 125 cm³/mol. The fourth-order valence-corrected chi connectivity index (χ4v) is 4.18. The molecule has 4 aromatic rings. The van der Waals surface area contributed by atoms with Crippen molar-refractivity contribution in [3.8, 4) is 0 Å². The standard InChI is InChI=1S/C25H23N3O2S/c29-23(26-13-12-18-6-2-1-3-7-18)15-22-16-24(30)28-25(27-22)31-17-19-10-11-20-8-4-5-9-21(20)14-19/h1-11,14,16H,12-13,15,17H2,(H,26,29)(H,27,28,30). The van der Waals surface area contributed by atoms with Crippen LogP contribution in [-0.2, 0) is 23.4 Å². The molecule has 0 saturated carbocycles. The molecule has 0 spiro atoms. The third kappa shape index (κ3) is 6.06. The lowest BCUT2D eigenvalue weighted by molar-refractivity contribution is -0.120. The zero-order valence-electron chi connectivity index (χ0n) is 17.0. The molecule has 2 N–H and O–H groups in total. The molecular formula is C25H23N3O2S. The summed E-state index contributed by atoms with van der Waals surface area (Å²) in [6.45, 7) is 0.551. The van der Waals surface area contributed by atoms with E-state index in [9.17, 15) is 9.59 Å². The average Bonchev–Trinajstić information content (AvgIpc) is 2.78. The molecule has 0 aliphatic heterocycles. The van der Waals surface area contributed by atoms with Crippen LogP contribution in [0.1, 0.15) is 16.8 Å². The van der Waals surface area contributed by atoms with E-state index in [0.717, 1.165) is 12.0 Å². The summed E-state index contributed by atoms with van der Waals surface area (Å²) in [6, 6.07) is 25.9. The number of nitrogens with one attached hydrogen (secondary N) is 2. The van der Waals surface area contributed by atoms with E-state index in [2.05, 4.69) is 45.6 Å². The van der Waals surface area contributed by atoms with Crippen molar-refractivity contribution in [2.24, 2.45) is 0 Å². The Balaban J connectivity index is 1.33. The highest BCUT2D eigenvalue weighted by atomic mass is 32.2. The summed E-state index contributed by atoms with van der Waals surface area (Å²) >= 11 is 1.45. The number of carbonyl (C=O) groups excluding carboxylic acids is 1. The van der Waals surface area contributed by atoms with E-state index in [1.807, 2.05) is 42.5 Å². The smallest absolute Gasteiger partial charge is 0.251 e. The molecule has 31 heavy (non-hydrogen) atoms. The van der Waals surface area contributed by atoms with Gasteiger partial charge in [0.1, 0.15) is 0 Å². The van der Waals surface area contributed by atoms with Crippen LogP contribution >= 0.6 is 11.8 Å². The molecule has 0 fully saturated rings. The molecule has 4 rings (SSSR count). The van der Waals surface area contributed by atoms with Gasteiger partial charge in [0.05, 0.1) is 12.1 Å². The van der Waals surface area contributed by atoms with E-state index < -0.39 is 0 Å². The summed E-state index contributed by atoms with van der Waals surface area (Å²) in [5, 5.41) is 5.80. The number of nitrogens with zero attached hydrogens (tertiary/aromatic N) is 1. The Bertz CT molecular complexity index is 1240. The van der Waals surface area contributed by atoms with Crippen LogP contribution in [0.5, 0.6) is 0 Å². The summed E-state index contributed by atoms with van der Waals surface area (Å²) in [6.07, 6.45) is 0.852. The van der Waals surface area contributed by atoms with Gasteiger partial charge in [0, 0.05) is 18.4 Å². The van der Waals surface area contributed by atoms with Gasteiger partial charge in [-0.1, -0.05) is 84.6 Å². The first-order valence-electron chi connectivity index (χ1n) is 10.2. The van der Waals surface area contributed by atoms with E-state index in [4.69, 9.17) is 0 Å². The highest BCUT2D eigenvalue weighted by Crippen LogP contribution is 2.22. The molecule has 1 aromatic heterocycles. The summed E-state index contributed by atoms with van der Waals surface area (Å²) in [5.41, 5.74) is 2.55. The number of hydrogen-bond donors (Lipinski definition) is 2. The maximum atomic E-state index is 12.3. The summed E-state index contributed by atoms with van der Waals surface area (Å²) in [5.74, 6) is 0.542. The zero-order valence-corrected chi connectivity index (χ0v) is 17.8. The van der Waals surface area contributed by atoms with E-state index >= 15 is 0 Å². The molecule has 1 amide bonds. The van der Waals surface area contributed by atoms with E-state index in [1.54, 1.807) is 0 Å². The number of benzene rings is 3. The average molecular weight is 430 g/mol. The summed E-state index contributed by atoms with van der Waals surface area (Å²) < 4.78 is 0. The van der Waals surface area contributed by atoms with Crippen molar-refractivity contribution in [1.29, 1.82) is 0 Å². The second-order valence-corrected chi connectivity index (χ2v) is 8.24. The number of thioether (sulfide) groups is 1. The molecule has 3 aromatic carbocycles. The van der Waals surface area contributed by atoms with Gasteiger partial charge in [-0.15, -0.1) is 0 Å². The first-order chi connectivity index (χ1) is 15.2. The highest BCUT2D eigenvalue weighted by molar-refractivity contribution is 7.98. The quantitative estimate of drug-likeness (QED) is 0.326. The van der Waals surface area contributed by atoms with Crippen molar-refractivity contribution >= 4 is 28.4 Å². The number of rotatable bonds is 8. The van der Waals surface area contributed by atoms with E-state index in [-0.39, 0.29) is 17.9 Å². The van der Waals surface area contributed by atoms with Crippen molar-refractivity contribution < 1.29 is 4.79 Å². The zero-order chi connectivity index (χ0) is 21.5. The van der Waals surface area contributed by atoms with Gasteiger partial charge in [0.2, 0.25) is 5.91 Å². The number of amides is 1. The van der Waals surface area contributed by atoms with Crippen LogP contribution in [0.3, 0.4) is 0 Å². The molecule has 0 aliphatic carbocycles. The molecule has 1 heterocycles. The maximum absolute atomic E-state index is 12.3. The summed E-state index contributed by atoms with van der Waals surface area (Å²) in [7, 11) is 0. The Kier molecular flexibility index (Phi) is 6.79. The lowest BCUT2D eigenvalue weighted by Crippen LogP contribution is -2.28. The van der Waals surface area contributed by atoms with Gasteiger partial charge in [-0.25, -0.2) is 4.98 Å². The lowest BCUT2D eigenvalue weighted by Gasteiger charge is -2.07. The minimum atomic E-state index is -0.247. The Morgan fingerprint density at radius 3 is 2.52 bits per heavy atom. The molecule has 0 aliphatic rings. The predicted octanol–water partition coefficient (Wildman–Crippen LogP) is 4.12. The Morgan fingerprint density at radius 2 is 1.68 bits per heavy atom. The number of hydrogen-bond acceptors (Lipinski definition) is 4. The van der Waals surface area contributed by atoms with E-state index in [0.29, 0.717) is 23.1 Å². The second kappa shape index (κ2) is 10.1. The molecule has 0 saturated heterocycles. The topological polar surface area (TPSA) is 74.8 Å². The van der Waals surface area contributed by atoms with Crippen LogP contribution in [-0.4, -0.2) is 22.4 Å². The summed E-state index contributed by atoms with van der Waals surface area (Å²) in [4.78, 5) is 31.5.